The van der Waals surface area contributed by atoms with Gasteiger partial charge in [0.25, 0.3) is 0 Å². The highest BCUT2D eigenvalue weighted by Gasteiger charge is 2.34. The van der Waals surface area contributed by atoms with Crippen molar-refractivity contribution in [2.24, 2.45) is 17.3 Å². The molecule has 2 rings (SSSR count). The standard InChI is InChI=1S/C18H27BrClN/c1-4-21-12-14-7-8-18(2,3)11-15(14)9-13-5-6-16(19)10-17(13)20/h5-6,10,14-15,21H,4,7-9,11-12H2,1-3H3. The summed E-state index contributed by atoms with van der Waals surface area (Å²) < 4.78 is 1.06. The van der Waals surface area contributed by atoms with Gasteiger partial charge in [-0.05, 0) is 73.7 Å². The normalized spacial score (nSPS) is 25.0. The topological polar surface area (TPSA) is 12.0 Å². The zero-order valence-electron chi connectivity index (χ0n) is 13.4. The van der Waals surface area contributed by atoms with Gasteiger partial charge < -0.3 is 5.32 Å². The molecule has 1 aliphatic rings. The van der Waals surface area contributed by atoms with Gasteiger partial charge in [-0.1, -0.05) is 54.4 Å². The molecule has 1 aliphatic carbocycles. The number of nitrogens with one attached hydrogen (secondary N) is 1. The van der Waals surface area contributed by atoms with Gasteiger partial charge in [0.15, 0.2) is 0 Å². The van der Waals surface area contributed by atoms with Gasteiger partial charge in [-0.15, -0.1) is 0 Å². The van der Waals surface area contributed by atoms with Crippen molar-refractivity contribution in [3.8, 4) is 0 Å². The molecular formula is C18H27BrClN. The van der Waals surface area contributed by atoms with Crippen molar-refractivity contribution in [1.29, 1.82) is 0 Å². The average molecular weight is 373 g/mol. The zero-order valence-corrected chi connectivity index (χ0v) is 15.7. The van der Waals surface area contributed by atoms with Gasteiger partial charge in [-0.3, -0.25) is 0 Å². The third kappa shape index (κ3) is 4.97. The van der Waals surface area contributed by atoms with Crippen molar-refractivity contribution < 1.29 is 0 Å². The third-order valence-electron chi connectivity index (χ3n) is 4.83. The van der Waals surface area contributed by atoms with Crippen LogP contribution in [0.2, 0.25) is 5.02 Å². The fraction of sp³-hybridized carbons (Fsp3) is 0.667. The average Bonchev–Trinajstić information content (AvgIpc) is 2.40. The zero-order chi connectivity index (χ0) is 15.5. The Kier molecular flexibility index (Phi) is 6.16. The Morgan fingerprint density at radius 1 is 1.33 bits per heavy atom. The smallest absolute Gasteiger partial charge is 0.0449 e. The first-order valence-electron chi connectivity index (χ1n) is 8.06. The number of halogens is 2. The molecular weight excluding hydrogens is 346 g/mol. The summed E-state index contributed by atoms with van der Waals surface area (Å²) in [5, 5.41) is 4.44. The summed E-state index contributed by atoms with van der Waals surface area (Å²) >= 11 is 9.92. The second-order valence-corrected chi connectivity index (χ2v) is 8.50. The number of hydrogen-bond donors (Lipinski definition) is 1. The molecule has 0 bridgehead atoms. The van der Waals surface area contributed by atoms with Gasteiger partial charge in [-0.2, -0.15) is 0 Å². The van der Waals surface area contributed by atoms with E-state index in [4.69, 9.17) is 11.6 Å². The summed E-state index contributed by atoms with van der Waals surface area (Å²) in [7, 11) is 0. The summed E-state index contributed by atoms with van der Waals surface area (Å²) in [4.78, 5) is 0. The maximum Gasteiger partial charge on any atom is 0.0449 e. The highest BCUT2D eigenvalue weighted by atomic mass is 79.9. The number of benzene rings is 1. The summed E-state index contributed by atoms with van der Waals surface area (Å²) in [6.45, 7) is 9.21. The van der Waals surface area contributed by atoms with E-state index in [1.165, 1.54) is 24.8 Å². The minimum Gasteiger partial charge on any atom is -0.317 e. The molecule has 118 valence electrons. The van der Waals surface area contributed by atoms with Crippen LogP contribution < -0.4 is 5.32 Å². The number of hydrogen-bond acceptors (Lipinski definition) is 1. The lowest BCUT2D eigenvalue weighted by atomic mass is 9.65. The first-order valence-corrected chi connectivity index (χ1v) is 9.23. The van der Waals surface area contributed by atoms with Crippen LogP contribution in [-0.2, 0) is 6.42 Å². The lowest BCUT2D eigenvalue weighted by molar-refractivity contribution is 0.116. The molecule has 1 aromatic carbocycles. The predicted octanol–water partition coefficient (Wildman–Crippen LogP) is 5.70. The molecule has 2 atom stereocenters. The van der Waals surface area contributed by atoms with Crippen LogP contribution in [0.4, 0.5) is 0 Å². The summed E-state index contributed by atoms with van der Waals surface area (Å²) in [5.41, 5.74) is 1.76. The molecule has 0 saturated heterocycles. The Morgan fingerprint density at radius 2 is 2.10 bits per heavy atom. The van der Waals surface area contributed by atoms with Crippen LogP contribution in [0.15, 0.2) is 22.7 Å². The molecule has 2 unspecified atom stereocenters. The van der Waals surface area contributed by atoms with E-state index in [0.717, 1.165) is 40.8 Å². The van der Waals surface area contributed by atoms with E-state index in [-0.39, 0.29) is 0 Å². The Morgan fingerprint density at radius 3 is 2.76 bits per heavy atom. The van der Waals surface area contributed by atoms with Crippen molar-refractivity contribution in [3.05, 3.63) is 33.3 Å². The molecule has 1 saturated carbocycles. The van der Waals surface area contributed by atoms with Crippen LogP contribution in [0.1, 0.15) is 45.6 Å². The Hall–Kier alpha value is -0.0500. The summed E-state index contributed by atoms with van der Waals surface area (Å²) in [5.74, 6) is 1.50. The molecule has 0 aromatic heterocycles. The van der Waals surface area contributed by atoms with Crippen LogP contribution in [0.5, 0.6) is 0 Å². The minimum absolute atomic E-state index is 0.467. The van der Waals surface area contributed by atoms with E-state index in [2.05, 4.69) is 54.2 Å². The maximum absolute atomic E-state index is 6.43. The third-order valence-corrected chi connectivity index (χ3v) is 5.67. The second kappa shape index (κ2) is 7.48. The van der Waals surface area contributed by atoms with Gasteiger partial charge in [0, 0.05) is 9.50 Å². The van der Waals surface area contributed by atoms with E-state index in [9.17, 15) is 0 Å². The Labute approximate surface area is 143 Å². The molecule has 1 fully saturated rings. The molecule has 0 heterocycles. The van der Waals surface area contributed by atoms with E-state index in [1.54, 1.807) is 0 Å². The van der Waals surface area contributed by atoms with E-state index in [0.29, 0.717) is 5.41 Å². The molecule has 0 spiro atoms. The molecule has 1 nitrogen and oxygen atoms in total. The highest BCUT2D eigenvalue weighted by Crippen LogP contribution is 2.43. The first-order chi connectivity index (χ1) is 9.91. The Bertz CT molecular complexity index is 472. The van der Waals surface area contributed by atoms with E-state index in [1.807, 2.05) is 6.07 Å². The van der Waals surface area contributed by atoms with Crippen LogP contribution >= 0.6 is 27.5 Å². The van der Waals surface area contributed by atoms with Crippen LogP contribution in [-0.4, -0.2) is 13.1 Å². The predicted molar refractivity (Wildman–Crippen MR) is 96.0 cm³/mol. The summed E-state index contributed by atoms with van der Waals surface area (Å²) in [6.07, 6.45) is 5.08. The van der Waals surface area contributed by atoms with Crippen molar-refractivity contribution in [2.45, 2.75) is 46.5 Å². The fourth-order valence-electron chi connectivity index (χ4n) is 3.60. The number of rotatable bonds is 5. The molecule has 1 aromatic rings. The first kappa shape index (κ1) is 17.3. The summed E-state index contributed by atoms with van der Waals surface area (Å²) in [6, 6.07) is 6.30. The van der Waals surface area contributed by atoms with Crippen molar-refractivity contribution in [3.63, 3.8) is 0 Å². The van der Waals surface area contributed by atoms with Gasteiger partial charge in [0.2, 0.25) is 0 Å². The van der Waals surface area contributed by atoms with Gasteiger partial charge in [-0.25, -0.2) is 0 Å². The lowest BCUT2D eigenvalue weighted by Crippen LogP contribution is -2.37. The van der Waals surface area contributed by atoms with Crippen molar-refractivity contribution in [2.75, 3.05) is 13.1 Å². The molecule has 1 N–H and O–H groups in total. The molecule has 0 aliphatic heterocycles. The maximum atomic E-state index is 6.43. The molecule has 3 heteroatoms. The largest absolute Gasteiger partial charge is 0.317 e. The lowest BCUT2D eigenvalue weighted by Gasteiger charge is -2.41. The quantitative estimate of drug-likeness (QED) is 0.699. The SMILES string of the molecule is CCNCC1CCC(C)(C)CC1Cc1ccc(Br)cc1Cl. The fourth-order valence-corrected chi connectivity index (χ4v) is 4.35. The van der Waals surface area contributed by atoms with Gasteiger partial charge in [0.05, 0.1) is 0 Å². The highest BCUT2D eigenvalue weighted by molar-refractivity contribution is 9.10. The Balaban J connectivity index is 2.11. The van der Waals surface area contributed by atoms with Gasteiger partial charge in [0.1, 0.15) is 0 Å². The second-order valence-electron chi connectivity index (χ2n) is 7.17. The van der Waals surface area contributed by atoms with Crippen molar-refractivity contribution >= 4 is 27.5 Å². The molecule has 0 amide bonds. The van der Waals surface area contributed by atoms with E-state index < -0.39 is 0 Å². The van der Waals surface area contributed by atoms with Gasteiger partial charge >= 0.3 is 0 Å². The van der Waals surface area contributed by atoms with Crippen LogP contribution in [0.25, 0.3) is 0 Å². The van der Waals surface area contributed by atoms with Crippen molar-refractivity contribution in [1.82, 2.24) is 5.32 Å². The van der Waals surface area contributed by atoms with Crippen LogP contribution in [0, 0.1) is 17.3 Å². The minimum atomic E-state index is 0.467. The van der Waals surface area contributed by atoms with Crippen LogP contribution in [0.3, 0.4) is 0 Å². The molecule has 0 radical (unpaired) electrons. The molecule has 21 heavy (non-hydrogen) atoms. The monoisotopic (exact) mass is 371 g/mol. The van der Waals surface area contributed by atoms with E-state index >= 15 is 0 Å².